The normalized spacial score (nSPS) is 25.9. The van der Waals surface area contributed by atoms with Crippen molar-refractivity contribution < 1.29 is 15.3 Å². The van der Waals surface area contributed by atoms with Crippen LogP contribution < -0.4 is 0 Å². The summed E-state index contributed by atoms with van der Waals surface area (Å²) in [6, 6.07) is -0.202. The average Bonchev–Trinajstić information content (AvgIpc) is 2.16. The van der Waals surface area contributed by atoms with Crippen LogP contribution in [0, 0.1) is 5.21 Å². The van der Waals surface area contributed by atoms with Crippen LogP contribution in [0.15, 0.2) is 5.28 Å². The maximum absolute atomic E-state index is 10.9. The lowest BCUT2D eigenvalue weighted by molar-refractivity contribution is -0.719. The summed E-state index contributed by atoms with van der Waals surface area (Å²) in [5.74, 6) is 0. The number of hydrogen-bond acceptors (Lipinski definition) is 3. The molecule has 0 saturated carbocycles. The summed E-state index contributed by atoms with van der Waals surface area (Å²) in [6.45, 7) is 0.465. The Kier molecular flexibility index (Phi) is 3.09. The highest BCUT2D eigenvalue weighted by Gasteiger charge is 2.27. The molecule has 1 aliphatic rings. The van der Waals surface area contributed by atoms with E-state index >= 15 is 0 Å². The molecule has 1 saturated heterocycles. The topological polar surface area (TPSA) is 82.1 Å². The second-order valence-corrected chi connectivity index (χ2v) is 2.84. The minimum Gasteiger partial charge on any atom is -0.569 e. The zero-order chi connectivity index (χ0) is 8.97. The van der Waals surface area contributed by atoms with Gasteiger partial charge in [0.25, 0.3) is 0 Å². The van der Waals surface area contributed by atoms with E-state index in [2.05, 4.69) is 5.28 Å². The quantitative estimate of drug-likeness (QED) is 0.354. The van der Waals surface area contributed by atoms with Gasteiger partial charge >= 0.3 is 0 Å². The number of piperidine rings is 1. The Balaban J connectivity index is 2.58. The lowest BCUT2D eigenvalue weighted by Gasteiger charge is -2.29. The van der Waals surface area contributed by atoms with Crippen molar-refractivity contribution in [2.75, 3.05) is 13.2 Å². The first-order valence-corrected chi connectivity index (χ1v) is 3.99. The van der Waals surface area contributed by atoms with Gasteiger partial charge in [-0.25, -0.2) is 0 Å². The van der Waals surface area contributed by atoms with Crippen LogP contribution in [0.3, 0.4) is 0 Å². The second-order valence-electron chi connectivity index (χ2n) is 2.84. The van der Waals surface area contributed by atoms with Gasteiger partial charge in [0.05, 0.1) is 18.1 Å². The number of aliphatic hydroxyl groups excluding tert-OH is 1. The van der Waals surface area contributed by atoms with Crippen molar-refractivity contribution in [2.45, 2.75) is 25.3 Å². The van der Waals surface area contributed by atoms with Gasteiger partial charge in [0.15, 0.2) is 0 Å². The molecule has 6 nitrogen and oxygen atoms in total. The van der Waals surface area contributed by atoms with Crippen molar-refractivity contribution in [3.63, 3.8) is 0 Å². The van der Waals surface area contributed by atoms with E-state index in [1.54, 1.807) is 0 Å². The predicted octanol–water partition coefficient (Wildman–Crippen LogP) is 0.0999. The largest absolute Gasteiger partial charge is 0.569 e. The summed E-state index contributed by atoms with van der Waals surface area (Å²) in [4.78, 5) is 0.139. The smallest absolute Gasteiger partial charge is 0.230 e. The van der Waals surface area contributed by atoms with Crippen LogP contribution in [0.5, 0.6) is 0 Å². The number of aliphatic hydroxyl groups is 1. The maximum atomic E-state index is 10.9. The Hall–Kier alpha value is -1.04. The molecule has 1 rings (SSSR count). The van der Waals surface area contributed by atoms with E-state index in [1.165, 1.54) is 5.01 Å². The van der Waals surface area contributed by atoms with Gasteiger partial charge in [-0.2, -0.15) is 0 Å². The van der Waals surface area contributed by atoms with Crippen molar-refractivity contribution in [2.24, 2.45) is 5.28 Å². The van der Waals surface area contributed by atoms with Gasteiger partial charge in [-0.05, 0) is 19.3 Å². The minimum atomic E-state index is -0.202. The van der Waals surface area contributed by atoms with Crippen molar-refractivity contribution in [3.05, 3.63) is 5.21 Å². The Labute approximate surface area is 70.2 Å². The maximum Gasteiger partial charge on any atom is 0.230 e. The van der Waals surface area contributed by atoms with Crippen LogP contribution in [0.2, 0.25) is 0 Å². The minimum absolute atomic E-state index is 0.0751. The molecule has 1 fully saturated rings. The van der Waals surface area contributed by atoms with Crippen molar-refractivity contribution >= 4 is 0 Å². The molecular weight excluding hydrogens is 162 g/mol. The molecule has 1 atom stereocenters. The number of nitrogens with zero attached hydrogens (tertiary/aromatic N) is 3. The predicted molar refractivity (Wildman–Crippen MR) is 39.3 cm³/mol. The molecule has 12 heavy (non-hydrogen) atoms. The monoisotopic (exact) mass is 175 g/mol. The first-order chi connectivity index (χ1) is 5.79. The van der Waals surface area contributed by atoms with E-state index in [9.17, 15) is 5.21 Å². The van der Waals surface area contributed by atoms with Gasteiger partial charge in [-0.15, -0.1) is 5.01 Å². The van der Waals surface area contributed by atoms with Gasteiger partial charge in [-0.1, -0.05) is 0 Å². The Morgan fingerprint density at radius 2 is 2.33 bits per heavy atom. The highest BCUT2D eigenvalue weighted by atomic mass is 16.6. The van der Waals surface area contributed by atoms with Gasteiger partial charge in [0, 0.05) is 0 Å². The molecule has 2 N–H and O–H groups in total. The first-order valence-electron chi connectivity index (χ1n) is 3.99. The number of hydrazine groups is 1. The van der Waals surface area contributed by atoms with Gasteiger partial charge in [-0.3, -0.25) is 0 Å². The van der Waals surface area contributed by atoms with Crippen LogP contribution in [-0.2, 0) is 0 Å². The molecule has 70 valence electrons. The van der Waals surface area contributed by atoms with E-state index in [-0.39, 0.29) is 17.6 Å². The van der Waals surface area contributed by atoms with Crippen LogP contribution in [0.1, 0.15) is 19.3 Å². The molecule has 0 bridgehead atoms. The van der Waals surface area contributed by atoms with Gasteiger partial charge in [0.2, 0.25) is 5.28 Å². The molecular formula is C6H13N3O3. The molecule has 0 aliphatic carbocycles. The van der Waals surface area contributed by atoms with Gasteiger partial charge < -0.3 is 15.5 Å². The molecule has 0 aromatic rings. The lowest BCUT2D eigenvalue weighted by atomic mass is 10.1. The van der Waals surface area contributed by atoms with Crippen LogP contribution in [0.4, 0.5) is 0 Å². The summed E-state index contributed by atoms with van der Waals surface area (Å²) in [7, 11) is 0. The molecule has 6 heteroatoms. The molecule has 0 radical (unpaired) electrons. The van der Waals surface area contributed by atoms with E-state index in [1.807, 2.05) is 0 Å². The standard InChI is InChI=1S/C6H13N3O3/c10-5-6-3-1-2-4-8(6)9(12)7-11/h6,10-11H,1-5H2/b9-7-/t6-/m0/s1. The molecule has 0 unspecified atom stereocenters. The lowest BCUT2D eigenvalue weighted by Crippen LogP contribution is -2.45. The zero-order valence-electron chi connectivity index (χ0n) is 6.76. The van der Waals surface area contributed by atoms with E-state index in [0.717, 1.165) is 19.3 Å². The van der Waals surface area contributed by atoms with Crippen molar-refractivity contribution in [1.29, 1.82) is 0 Å². The number of hydrogen-bond donors (Lipinski definition) is 2. The fourth-order valence-electron chi connectivity index (χ4n) is 1.45. The molecule has 1 aliphatic heterocycles. The fraction of sp³-hybridized carbons (Fsp3) is 1.00. The highest BCUT2D eigenvalue weighted by molar-refractivity contribution is 4.69. The Morgan fingerprint density at radius 1 is 1.58 bits per heavy atom. The average molecular weight is 175 g/mol. The molecule has 1 heterocycles. The Bertz CT molecular complexity index is 173. The Morgan fingerprint density at radius 3 is 2.92 bits per heavy atom. The van der Waals surface area contributed by atoms with Crippen molar-refractivity contribution in [3.8, 4) is 0 Å². The third-order valence-electron chi connectivity index (χ3n) is 2.10. The summed E-state index contributed by atoms with van der Waals surface area (Å²) < 4.78 is 0. The molecule has 0 aromatic heterocycles. The van der Waals surface area contributed by atoms with E-state index in [4.69, 9.17) is 10.3 Å². The van der Waals surface area contributed by atoms with Crippen molar-refractivity contribution in [1.82, 2.24) is 5.01 Å². The van der Waals surface area contributed by atoms with Crippen LogP contribution >= 0.6 is 0 Å². The van der Waals surface area contributed by atoms with Crippen LogP contribution in [-0.4, -0.2) is 39.5 Å². The number of rotatable bonds is 2. The summed E-state index contributed by atoms with van der Waals surface area (Å²) in [5, 5.41) is 31.8. The third-order valence-corrected chi connectivity index (χ3v) is 2.10. The second kappa shape index (κ2) is 4.10. The van der Waals surface area contributed by atoms with Gasteiger partial charge in [0.1, 0.15) is 6.04 Å². The fourth-order valence-corrected chi connectivity index (χ4v) is 1.45. The third kappa shape index (κ3) is 1.76. The van der Waals surface area contributed by atoms with Crippen LogP contribution in [0.25, 0.3) is 0 Å². The highest BCUT2D eigenvalue weighted by Crippen LogP contribution is 2.16. The van der Waals surface area contributed by atoms with E-state index in [0.29, 0.717) is 6.54 Å². The zero-order valence-corrected chi connectivity index (χ0v) is 6.76. The summed E-state index contributed by atoms with van der Waals surface area (Å²) in [6.07, 6.45) is 2.66. The molecule has 0 amide bonds. The SMILES string of the molecule is [O-]/[N+](=N\O)N1CCCC[C@H]1CO. The first kappa shape index (κ1) is 9.05. The van der Waals surface area contributed by atoms with E-state index < -0.39 is 0 Å². The summed E-state index contributed by atoms with van der Waals surface area (Å²) >= 11 is 0. The molecule has 0 spiro atoms. The summed E-state index contributed by atoms with van der Waals surface area (Å²) in [5.41, 5.74) is 0. The molecule has 0 aromatic carbocycles.